The average Bonchev–Trinajstić information content (AvgIpc) is 3.04. The van der Waals surface area contributed by atoms with E-state index in [1.807, 2.05) is 45.0 Å². The van der Waals surface area contributed by atoms with Crippen LogP contribution < -0.4 is 10.1 Å². The molecule has 3 aromatic rings. The molecule has 140 valence electrons. The molecule has 0 saturated heterocycles. The highest BCUT2D eigenvalue weighted by atomic mass is 32.1. The van der Waals surface area contributed by atoms with E-state index in [1.165, 1.54) is 30.9 Å². The van der Waals surface area contributed by atoms with Crippen LogP contribution in [0.3, 0.4) is 0 Å². The third-order valence-electron chi connectivity index (χ3n) is 4.28. The number of carbonyl (C=O) groups excluding carboxylic acids is 1. The highest BCUT2D eigenvalue weighted by molar-refractivity contribution is 7.15. The van der Waals surface area contributed by atoms with Gasteiger partial charge in [0.05, 0.1) is 29.3 Å². The Morgan fingerprint density at radius 3 is 2.56 bits per heavy atom. The van der Waals surface area contributed by atoms with Crippen LogP contribution in [0.25, 0.3) is 10.6 Å². The van der Waals surface area contributed by atoms with Gasteiger partial charge in [0.1, 0.15) is 16.6 Å². The van der Waals surface area contributed by atoms with Gasteiger partial charge in [-0.1, -0.05) is 29.8 Å². The van der Waals surface area contributed by atoms with Gasteiger partial charge in [-0.05, 0) is 39.0 Å². The molecule has 1 N–H and O–H groups in total. The Bertz CT molecular complexity index is 967. The maximum absolute atomic E-state index is 13.5. The monoisotopic (exact) mass is 384 g/mol. The van der Waals surface area contributed by atoms with E-state index in [1.54, 1.807) is 11.3 Å². The minimum atomic E-state index is -0.482. The van der Waals surface area contributed by atoms with E-state index >= 15 is 0 Å². The first-order valence-electron chi connectivity index (χ1n) is 8.58. The third-order valence-corrected chi connectivity index (χ3v) is 5.67. The summed E-state index contributed by atoms with van der Waals surface area (Å²) in [6.45, 7) is 5.86. The van der Waals surface area contributed by atoms with Crippen LogP contribution in [0.5, 0.6) is 5.75 Å². The Morgan fingerprint density at radius 2 is 1.89 bits per heavy atom. The number of nitrogens with zero attached hydrogens (tertiary/aromatic N) is 1. The Morgan fingerprint density at radius 1 is 1.19 bits per heavy atom. The number of hydrogen-bond donors (Lipinski definition) is 1. The number of thiazole rings is 1. The van der Waals surface area contributed by atoms with Crippen LogP contribution in [0.4, 0.5) is 4.39 Å². The van der Waals surface area contributed by atoms with Gasteiger partial charge >= 0.3 is 0 Å². The van der Waals surface area contributed by atoms with Crippen LogP contribution in [0.1, 0.15) is 39.5 Å². The second-order valence-corrected chi connectivity index (χ2v) is 7.41. The topological polar surface area (TPSA) is 51.2 Å². The van der Waals surface area contributed by atoms with Crippen molar-refractivity contribution in [3.05, 3.63) is 70.0 Å². The summed E-state index contributed by atoms with van der Waals surface area (Å²) in [7, 11) is 1.45. The number of ether oxygens (including phenoxy) is 1. The van der Waals surface area contributed by atoms with Crippen LogP contribution in [0, 0.1) is 19.7 Å². The molecule has 1 aromatic heterocycles. The molecule has 0 spiro atoms. The summed E-state index contributed by atoms with van der Waals surface area (Å²) < 4.78 is 18.7. The van der Waals surface area contributed by atoms with Crippen molar-refractivity contribution in [3.8, 4) is 16.3 Å². The van der Waals surface area contributed by atoms with Gasteiger partial charge in [-0.25, -0.2) is 9.37 Å². The number of hydrogen-bond acceptors (Lipinski definition) is 4. The molecule has 1 heterocycles. The predicted octanol–water partition coefficient (Wildman–Crippen LogP) is 5.07. The lowest BCUT2D eigenvalue weighted by Gasteiger charge is -2.14. The van der Waals surface area contributed by atoms with Crippen LogP contribution in [0.2, 0.25) is 0 Å². The molecule has 4 nitrogen and oxygen atoms in total. The zero-order valence-corrected chi connectivity index (χ0v) is 16.5. The van der Waals surface area contributed by atoms with Crippen LogP contribution in [0.15, 0.2) is 42.5 Å². The lowest BCUT2D eigenvalue weighted by Crippen LogP contribution is -2.27. The minimum absolute atomic E-state index is 0.172. The lowest BCUT2D eigenvalue weighted by molar-refractivity contribution is 0.0937. The molecule has 0 saturated carbocycles. The zero-order chi connectivity index (χ0) is 19.6. The molecular weight excluding hydrogens is 363 g/mol. The molecule has 0 aliphatic heterocycles. The number of halogens is 1. The van der Waals surface area contributed by atoms with Gasteiger partial charge < -0.3 is 10.1 Å². The molecule has 0 bridgehead atoms. The van der Waals surface area contributed by atoms with Crippen molar-refractivity contribution < 1.29 is 13.9 Å². The second-order valence-electron chi connectivity index (χ2n) is 6.37. The highest BCUT2D eigenvalue weighted by Crippen LogP contribution is 2.32. The number of nitrogens with one attached hydrogen (secondary N) is 1. The standard InChI is InChI=1S/C21H21FN2O2S/c1-12-5-7-15(8-6-12)21-24-14(3)19(27-21)13(2)23-20(25)17-11-16(22)9-10-18(17)26-4/h5-11,13H,1-4H3,(H,23,25). The summed E-state index contributed by atoms with van der Waals surface area (Å²) >= 11 is 1.55. The number of benzene rings is 2. The average molecular weight is 384 g/mol. The van der Waals surface area contributed by atoms with E-state index in [0.29, 0.717) is 5.75 Å². The van der Waals surface area contributed by atoms with Crippen molar-refractivity contribution in [1.29, 1.82) is 0 Å². The van der Waals surface area contributed by atoms with E-state index in [2.05, 4.69) is 10.3 Å². The lowest BCUT2D eigenvalue weighted by atomic mass is 10.1. The summed E-state index contributed by atoms with van der Waals surface area (Å²) in [5.74, 6) is -0.532. The van der Waals surface area contributed by atoms with Gasteiger partial charge in [0, 0.05) is 5.56 Å². The number of aryl methyl sites for hydroxylation is 2. The smallest absolute Gasteiger partial charge is 0.255 e. The molecule has 0 radical (unpaired) electrons. The largest absolute Gasteiger partial charge is 0.496 e. The normalized spacial score (nSPS) is 11.9. The van der Waals surface area contributed by atoms with Crippen LogP contribution in [-0.4, -0.2) is 18.0 Å². The summed E-state index contributed by atoms with van der Waals surface area (Å²) in [6.07, 6.45) is 0. The van der Waals surface area contributed by atoms with Crippen molar-refractivity contribution in [2.24, 2.45) is 0 Å². The van der Waals surface area contributed by atoms with Gasteiger partial charge in [0.2, 0.25) is 0 Å². The quantitative estimate of drug-likeness (QED) is 0.668. The maximum Gasteiger partial charge on any atom is 0.255 e. The maximum atomic E-state index is 13.5. The second kappa shape index (κ2) is 7.88. The van der Waals surface area contributed by atoms with Gasteiger partial charge in [-0.2, -0.15) is 0 Å². The molecule has 3 rings (SSSR count). The van der Waals surface area contributed by atoms with Crippen LogP contribution >= 0.6 is 11.3 Å². The number of rotatable bonds is 5. The number of amides is 1. The van der Waals surface area contributed by atoms with Gasteiger partial charge in [0.15, 0.2) is 0 Å². The summed E-state index contributed by atoms with van der Waals surface area (Å²) in [5, 5.41) is 3.82. The zero-order valence-electron chi connectivity index (χ0n) is 15.7. The molecule has 1 atom stereocenters. The third kappa shape index (κ3) is 4.17. The Hall–Kier alpha value is -2.73. The highest BCUT2D eigenvalue weighted by Gasteiger charge is 2.20. The van der Waals surface area contributed by atoms with Crippen molar-refractivity contribution in [1.82, 2.24) is 10.3 Å². The van der Waals surface area contributed by atoms with Crippen molar-refractivity contribution in [2.75, 3.05) is 7.11 Å². The summed E-state index contributed by atoms with van der Waals surface area (Å²) in [6, 6.07) is 11.8. The first-order valence-corrected chi connectivity index (χ1v) is 9.39. The van der Waals surface area contributed by atoms with Gasteiger partial charge in [-0.3, -0.25) is 4.79 Å². The SMILES string of the molecule is COc1ccc(F)cc1C(=O)NC(C)c1sc(-c2ccc(C)cc2)nc1C. The van der Waals surface area contributed by atoms with E-state index < -0.39 is 5.82 Å². The van der Waals surface area contributed by atoms with E-state index in [0.717, 1.165) is 21.1 Å². The van der Waals surface area contributed by atoms with Crippen LogP contribution in [-0.2, 0) is 0 Å². The first-order chi connectivity index (χ1) is 12.9. The van der Waals surface area contributed by atoms with E-state index in [-0.39, 0.29) is 17.5 Å². The molecule has 1 unspecified atom stereocenters. The van der Waals surface area contributed by atoms with Crippen molar-refractivity contribution in [2.45, 2.75) is 26.8 Å². The Labute approximate surface area is 162 Å². The van der Waals surface area contributed by atoms with Crippen molar-refractivity contribution in [3.63, 3.8) is 0 Å². The number of carbonyl (C=O) groups is 1. The Kier molecular flexibility index (Phi) is 5.56. The molecule has 0 aliphatic carbocycles. The number of methoxy groups -OCH3 is 1. The number of aromatic nitrogens is 1. The fourth-order valence-corrected chi connectivity index (χ4v) is 3.90. The fraction of sp³-hybridized carbons (Fsp3) is 0.238. The van der Waals surface area contributed by atoms with E-state index in [4.69, 9.17) is 4.74 Å². The summed E-state index contributed by atoms with van der Waals surface area (Å²) in [5.41, 5.74) is 3.28. The fourth-order valence-electron chi connectivity index (χ4n) is 2.83. The Balaban J connectivity index is 1.82. The molecule has 1 amide bonds. The van der Waals surface area contributed by atoms with E-state index in [9.17, 15) is 9.18 Å². The predicted molar refractivity (Wildman–Crippen MR) is 106 cm³/mol. The van der Waals surface area contributed by atoms with Gasteiger partial charge in [0.25, 0.3) is 5.91 Å². The molecule has 0 aliphatic rings. The molecular formula is C21H21FN2O2S. The van der Waals surface area contributed by atoms with Gasteiger partial charge in [-0.15, -0.1) is 11.3 Å². The molecule has 27 heavy (non-hydrogen) atoms. The molecule has 2 aromatic carbocycles. The first kappa shape index (κ1) is 19.0. The summed E-state index contributed by atoms with van der Waals surface area (Å²) in [4.78, 5) is 18.2. The molecule has 6 heteroatoms. The molecule has 0 fully saturated rings. The van der Waals surface area contributed by atoms with Crippen molar-refractivity contribution >= 4 is 17.2 Å². The minimum Gasteiger partial charge on any atom is -0.496 e.